The van der Waals surface area contributed by atoms with E-state index in [1.165, 1.54) is 29.8 Å². The maximum atomic E-state index is 9.75. The Balaban J connectivity index is 0.000000383. The van der Waals surface area contributed by atoms with Crippen molar-refractivity contribution >= 4 is 18.7 Å². The molecule has 0 saturated heterocycles. The molecule has 0 saturated carbocycles. The first-order valence-corrected chi connectivity index (χ1v) is 7.17. The van der Waals surface area contributed by atoms with Gasteiger partial charge in [-0.3, -0.25) is 0 Å². The van der Waals surface area contributed by atoms with E-state index in [9.17, 15) is 17.3 Å². The lowest BCUT2D eigenvalue weighted by molar-refractivity contribution is -0.439. The van der Waals surface area contributed by atoms with E-state index in [2.05, 4.69) is 56.5 Å². The van der Waals surface area contributed by atoms with Gasteiger partial charge < -0.3 is 17.3 Å². The van der Waals surface area contributed by atoms with Crippen molar-refractivity contribution in [2.24, 2.45) is 0 Å². The molecule has 1 aromatic carbocycles. The molecule has 0 unspecified atom stereocenters. The molecule has 0 radical (unpaired) electrons. The lowest BCUT2D eigenvalue weighted by atomic mass is 9.82. The smallest absolute Gasteiger partial charge is 0.418 e. The number of benzene rings is 1. The maximum absolute atomic E-state index is 9.75. The third kappa shape index (κ3) is 4.58. The summed E-state index contributed by atoms with van der Waals surface area (Å²) < 4.78 is 41.5. The Kier molecular flexibility index (Phi) is 5.59. The fourth-order valence-electron chi connectivity index (χ4n) is 2.55. The first-order chi connectivity index (χ1) is 9.59. The molecule has 1 aliphatic heterocycles. The van der Waals surface area contributed by atoms with Gasteiger partial charge in [0.15, 0.2) is 5.71 Å². The van der Waals surface area contributed by atoms with Crippen molar-refractivity contribution < 1.29 is 21.8 Å². The van der Waals surface area contributed by atoms with E-state index in [0.29, 0.717) is 0 Å². The second-order valence-corrected chi connectivity index (χ2v) is 5.73. The van der Waals surface area contributed by atoms with Gasteiger partial charge in [0.1, 0.15) is 6.54 Å². The van der Waals surface area contributed by atoms with Crippen LogP contribution in [0.25, 0.3) is 0 Å². The summed E-state index contributed by atoms with van der Waals surface area (Å²) in [5, 5.41) is 0. The minimum atomic E-state index is -6.00. The van der Waals surface area contributed by atoms with Crippen LogP contribution in [0.5, 0.6) is 0 Å². The Morgan fingerprint density at radius 3 is 2.14 bits per heavy atom. The molecule has 21 heavy (non-hydrogen) atoms. The Morgan fingerprint density at radius 1 is 1.10 bits per heavy atom. The molecule has 2 rings (SSSR count). The minimum absolute atomic E-state index is 0.199. The summed E-state index contributed by atoms with van der Waals surface area (Å²) in [5.74, 6) is 0. The summed E-state index contributed by atoms with van der Waals surface area (Å²) >= 11 is 0. The van der Waals surface area contributed by atoms with Crippen LogP contribution in [0, 0.1) is 0 Å². The normalized spacial score (nSPS) is 16.4. The van der Waals surface area contributed by atoms with Crippen LogP contribution in [-0.2, 0) is 5.41 Å². The highest BCUT2D eigenvalue weighted by Crippen LogP contribution is 2.39. The van der Waals surface area contributed by atoms with Crippen molar-refractivity contribution in [2.75, 3.05) is 6.54 Å². The lowest BCUT2D eigenvalue weighted by Crippen LogP contribution is -2.26. The van der Waals surface area contributed by atoms with Crippen LogP contribution in [0.15, 0.2) is 24.3 Å². The van der Waals surface area contributed by atoms with E-state index in [0.717, 1.165) is 6.54 Å². The molecule has 0 fully saturated rings. The van der Waals surface area contributed by atoms with Gasteiger partial charge in [-0.2, -0.15) is 4.58 Å². The van der Waals surface area contributed by atoms with Crippen molar-refractivity contribution in [3.05, 3.63) is 29.8 Å². The van der Waals surface area contributed by atoms with Gasteiger partial charge in [-0.05, 0) is 13.8 Å². The highest BCUT2D eigenvalue weighted by Gasteiger charge is 2.42. The molecule has 1 aliphatic rings. The summed E-state index contributed by atoms with van der Waals surface area (Å²) in [7, 11) is -6.00. The zero-order chi connectivity index (χ0) is 16.3. The van der Waals surface area contributed by atoms with Crippen LogP contribution < -0.4 is 0 Å². The molecule has 0 spiro atoms. The molecule has 0 amide bonds. The highest BCUT2D eigenvalue weighted by atomic mass is 19.5. The summed E-state index contributed by atoms with van der Waals surface area (Å²) in [5.41, 5.74) is 4.58. The van der Waals surface area contributed by atoms with Gasteiger partial charge in [0.2, 0.25) is 5.69 Å². The topological polar surface area (TPSA) is 3.01 Å². The fraction of sp³-hybridized carbons (Fsp3) is 0.533. The third-order valence-corrected chi connectivity index (χ3v) is 3.91. The summed E-state index contributed by atoms with van der Waals surface area (Å²) in [6, 6.07) is 8.82. The summed E-state index contributed by atoms with van der Waals surface area (Å²) in [6.45, 7) is 10.3. The van der Waals surface area contributed by atoms with E-state index in [1.54, 1.807) is 0 Å². The number of nitrogens with zero attached hydrogens (tertiary/aromatic N) is 1. The number of fused-ring (bicyclic) bond motifs is 1. The van der Waals surface area contributed by atoms with Crippen molar-refractivity contribution in [1.82, 2.24) is 0 Å². The van der Waals surface area contributed by atoms with E-state index < -0.39 is 7.25 Å². The van der Waals surface area contributed by atoms with Crippen LogP contribution in [0.2, 0.25) is 0 Å². The second kappa shape index (κ2) is 6.63. The van der Waals surface area contributed by atoms with Crippen molar-refractivity contribution in [1.29, 1.82) is 0 Å². The van der Waals surface area contributed by atoms with Crippen LogP contribution in [-0.4, -0.2) is 24.1 Å². The molecule has 0 N–H and O–H groups in total. The Morgan fingerprint density at radius 2 is 1.62 bits per heavy atom. The third-order valence-electron chi connectivity index (χ3n) is 3.91. The largest absolute Gasteiger partial charge is 0.673 e. The molecule has 0 aliphatic carbocycles. The minimum Gasteiger partial charge on any atom is -0.418 e. The SMILES string of the molecule is CCCC[N+]1=C(C)C(C)(C)c2ccccc21.F[B-](F)(F)F. The predicted molar refractivity (Wildman–Crippen MR) is 80.0 cm³/mol. The summed E-state index contributed by atoms with van der Waals surface area (Å²) in [4.78, 5) is 0. The number of hydrogen-bond acceptors (Lipinski definition) is 0. The highest BCUT2D eigenvalue weighted by molar-refractivity contribution is 6.50. The monoisotopic (exact) mass is 303 g/mol. The van der Waals surface area contributed by atoms with Crippen LogP contribution in [0.1, 0.15) is 46.1 Å². The van der Waals surface area contributed by atoms with Crippen molar-refractivity contribution in [2.45, 2.75) is 46.0 Å². The number of rotatable bonds is 3. The molecular weight excluding hydrogens is 281 g/mol. The zero-order valence-corrected chi connectivity index (χ0v) is 13.0. The van der Waals surface area contributed by atoms with E-state index >= 15 is 0 Å². The number of unbranched alkanes of at least 4 members (excludes halogenated alkanes) is 1. The lowest BCUT2D eigenvalue weighted by Gasteiger charge is -2.14. The van der Waals surface area contributed by atoms with Gasteiger partial charge in [0.25, 0.3) is 0 Å². The number of halogens is 4. The number of hydrogen-bond donors (Lipinski definition) is 0. The average Bonchev–Trinajstić information content (AvgIpc) is 2.55. The first-order valence-electron chi connectivity index (χ1n) is 7.17. The molecule has 6 heteroatoms. The average molecular weight is 303 g/mol. The van der Waals surface area contributed by atoms with Gasteiger partial charge in [0.05, 0.1) is 5.41 Å². The molecule has 0 aromatic heterocycles. The van der Waals surface area contributed by atoms with E-state index in [4.69, 9.17) is 0 Å². The van der Waals surface area contributed by atoms with Crippen molar-refractivity contribution in [3.8, 4) is 0 Å². The Bertz CT molecular complexity index is 515. The predicted octanol–water partition coefficient (Wildman–Crippen LogP) is 5.18. The molecular formula is C15H22BF4N. The molecule has 1 aromatic rings. The van der Waals surface area contributed by atoms with Gasteiger partial charge in [-0.1, -0.05) is 31.5 Å². The molecule has 1 nitrogen and oxygen atoms in total. The Labute approximate surface area is 123 Å². The molecule has 0 atom stereocenters. The standard InChI is InChI=1S/C15H22N.BF4/c1-5-6-11-16-12(2)15(3,4)13-9-7-8-10-14(13)16;2-1(3,4)5/h7-10H,5-6,11H2,1-4H3;/q+1;-1. The van der Waals surface area contributed by atoms with Gasteiger partial charge in [0, 0.05) is 25.0 Å². The molecule has 0 bridgehead atoms. The number of para-hydroxylation sites is 1. The van der Waals surface area contributed by atoms with Crippen LogP contribution in [0.4, 0.5) is 23.0 Å². The second-order valence-electron chi connectivity index (χ2n) is 5.73. The van der Waals surface area contributed by atoms with Crippen LogP contribution in [0.3, 0.4) is 0 Å². The van der Waals surface area contributed by atoms with Crippen molar-refractivity contribution in [3.63, 3.8) is 0 Å². The van der Waals surface area contributed by atoms with Gasteiger partial charge in [-0.15, -0.1) is 0 Å². The molecule has 1 heterocycles. The van der Waals surface area contributed by atoms with Crippen LogP contribution >= 0.6 is 0 Å². The zero-order valence-electron chi connectivity index (χ0n) is 13.0. The van der Waals surface area contributed by atoms with Gasteiger partial charge >= 0.3 is 7.25 Å². The quantitative estimate of drug-likeness (QED) is 0.411. The molecule has 118 valence electrons. The maximum Gasteiger partial charge on any atom is 0.673 e. The van der Waals surface area contributed by atoms with Gasteiger partial charge in [-0.25, -0.2) is 0 Å². The van der Waals surface area contributed by atoms with E-state index in [-0.39, 0.29) is 5.41 Å². The first kappa shape index (κ1) is 17.7. The summed E-state index contributed by atoms with van der Waals surface area (Å²) in [6.07, 6.45) is 2.52. The Hall–Kier alpha value is -1.33. The van der Waals surface area contributed by atoms with E-state index in [1.807, 2.05) is 0 Å². The fourth-order valence-corrected chi connectivity index (χ4v) is 2.55.